The number of aromatic nitrogens is 2. The van der Waals surface area contributed by atoms with Crippen LogP contribution in [0.4, 0.5) is 0 Å². The summed E-state index contributed by atoms with van der Waals surface area (Å²) in [5.74, 6) is 0. The van der Waals surface area contributed by atoms with E-state index in [-0.39, 0.29) is 5.56 Å². The molecule has 4 nitrogen and oxygen atoms in total. The molecule has 0 amide bonds. The molecule has 0 radical (unpaired) electrons. The maximum atomic E-state index is 12.2. The maximum Gasteiger partial charge on any atom is 0.269 e. The van der Waals surface area contributed by atoms with Crippen molar-refractivity contribution in [1.82, 2.24) is 14.9 Å². The topological polar surface area (TPSA) is 49.0 Å². The van der Waals surface area contributed by atoms with E-state index in [1.807, 2.05) is 30.3 Å². The monoisotopic (exact) mass is 359 g/mol. The fraction of sp³-hybridized carbons (Fsp3) is 0.304. The van der Waals surface area contributed by atoms with Crippen molar-refractivity contribution in [2.45, 2.75) is 32.7 Å². The summed E-state index contributed by atoms with van der Waals surface area (Å²) < 4.78 is 0. The first kappa shape index (κ1) is 17.7. The smallest absolute Gasteiger partial charge is 0.269 e. The lowest BCUT2D eigenvalue weighted by atomic mass is 10.0. The van der Waals surface area contributed by atoms with Crippen molar-refractivity contribution in [1.29, 1.82) is 0 Å². The average Bonchev–Trinajstić information content (AvgIpc) is 2.72. The van der Waals surface area contributed by atoms with E-state index in [4.69, 9.17) is 0 Å². The zero-order valence-electron chi connectivity index (χ0n) is 15.7. The van der Waals surface area contributed by atoms with Crippen LogP contribution in [0.1, 0.15) is 30.5 Å². The molecular formula is C23H25N3O. The quantitative estimate of drug-likeness (QED) is 0.751. The van der Waals surface area contributed by atoms with E-state index in [0.717, 1.165) is 29.1 Å². The highest BCUT2D eigenvalue weighted by Gasteiger charge is 2.14. The number of nitrogens with zero attached hydrogens (tertiary/aromatic N) is 2. The van der Waals surface area contributed by atoms with E-state index in [2.05, 4.69) is 39.1 Å². The first-order valence-corrected chi connectivity index (χ1v) is 9.69. The highest BCUT2D eigenvalue weighted by atomic mass is 16.1. The van der Waals surface area contributed by atoms with Gasteiger partial charge in [-0.2, -0.15) is 0 Å². The summed E-state index contributed by atoms with van der Waals surface area (Å²) in [5.41, 5.74) is 5.24. The number of H-pyrrole nitrogens is 1. The summed E-state index contributed by atoms with van der Waals surface area (Å²) in [6.45, 7) is 5.12. The van der Waals surface area contributed by atoms with Crippen LogP contribution in [0.2, 0.25) is 0 Å². The number of hydrogen-bond donors (Lipinski definition) is 1. The second-order valence-electron chi connectivity index (χ2n) is 7.27. The summed E-state index contributed by atoms with van der Waals surface area (Å²) >= 11 is 0. The number of likely N-dealkylation sites (tertiary alicyclic amines) is 1. The lowest BCUT2D eigenvalue weighted by molar-refractivity contribution is 0.221. The van der Waals surface area contributed by atoms with Crippen molar-refractivity contribution in [3.8, 4) is 22.5 Å². The van der Waals surface area contributed by atoms with Crippen molar-refractivity contribution in [3.63, 3.8) is 0 Å². The Morgan fingerprint density at radius 2 is 1.63 bits per heavy atom. The van der Waals surface area contributed by atoms with Crippen LogP contribution in [0.25, 0.3) is 22.5 Å². The molecule has 0 bridgehead atoms. The van der Waals surface area contributed by atoms with Gasteiger partial charge in [0.25, 0.3) is 5.56 Å². The van der Waals surface area contributed by atoms with Crippen LogP contribution in [0.15, 0.2) is 59.4 Å². The molecule has 1 saturated heterocycles. The number of rotatable bonds is 4. The number of aryl methyl sites for hydroxylation is 1. The summed E-state index contributed by atoms with van der Waals surface area (Å²) in [5, 5.41) is 0. The minimum atomic E-state index is -0.137. The number of aromatic amines is 1. The van der Waals surface area contributed by atoms with Gasteiger partial charge in [0.1, 0.15) is 5.69 Å². The van der Waals surface area contributed by atoms with Gasteiger partial charge in [0.2, 0.25) is 0 Å². The van der Waals surface area contributed by atoms with Gasteiger partial charge < -0.3 is 4.98 Å². The van der Waals surface area contributed by atoms with Gasteiger partial charge in [-0.25, -0.2) is 4.98 Å². The molecule has 0 aliphatic carbocycles. The molecule has 0 saturated carbocycles. The zero-order chi connectivity index (χ0) is 18.6. The molecule has 4 rings (SSSR count). The van der Waals surface area contributed by atoms with Crippen molar-refractivity contribution >= 4 is 0 Å². The SMILES string of the molecule is Cc1nc(-c2ccccc2)c(-c2ccc(CN3CCCCC3)cc2)[nH]c1=O. The predicted molar refractivity (Wildman–Crippen MR) is 110 cm³/mol. The minimum absolute atomic E-state index is 0.137. The molecule has 0 atom stereocenters. The van der Waals surface area contributed by atoms with E-state index in [1.165, 1.54) is 37.9 Å². The van der Waals surface area contributed by atoms with E-state index >= 15 is 0 Å². The Kier molecular flexibility index (Phi) is 5.16. The lowest BCUT2D eigenvalue weighted by Crippen LogP contribution is -2.29. The Morgan fingerprint density at radius 3 is 2.33 bits per heavy atom. The van der Waals surface area contributed by atoms with Gasteiger partial charge in [-0.05, 0) is 38.4 Å². The molecular weight excluding hydrogens is 334 g/mol. The van der Waals surface area contributed by atoms with Crippen LogP contribution < -0.4 is 5.56 Å². The third kappa shape index (κ3) is 4.01. The Hall–Kier alpha value is -2.72. The summed E-state index contributed by atoms with van der Waals surface area (Å²) in [4.78, 5) is 22.3. The molecule has 1 aliphatic heterocycles. The molecule has 2 heterocycles. The van der Waals surface area contributed by atoms with Gasteiger partial charge in [0.05, 0.1) is 11.4 Å². The molecule has 2 aromatic carbocycles. The summed E-state index contributed by atoms with van der Waals surface area (Å²) in [7, 11) is 0. The normalized spacial score (nSPS) is 15.0. The number of hydrogen-bond acceptors (Lipinski definition) is 3. The molecule has 4 heteroatoms. The highest BCUT2D eigenvalue weighted by molar-refractivity contribution is 5.77. The predicted octanol–water partition coefficient (Wildman–Crippen LogP) is 4.40. The maximum absolute atomic E-state index is 12.2. The first-order valence-electron chi connectivity index (χ1n) is 9.69. The fourth-order valence-electron chi connectivity index (χ4n) is 3.70. The van der Waals surface area contributed by atoms with Crippen LogP contribution in [0.3, 0.4) is 0 Å². The van der Waals surface area contributed by atoms with E-state index < -0.39 is 0 Å². The Labute approximate surface area is 159 Å². The van der Waals surface area contributed by atoms with Crippen LogP contribution in [-0.4, -0.2) is 28.0 Å². The molecule has 0 unspecified atom stereocenters. The number of piperidine rings is 1. The van der Waals surface area contributed by atoms with Crippen molar-refractivity contribution in [3.05, 3.63) is 76.2 Å². The van der Waals surface area contributed by atoms with E-state index in [1.54, 1.807) is 6.92 Å². The van der Waals surface area contributed by atoms with Crippen LogP contribution in [0.5, 0.6) is 0 Å². The number of nitrogens with one attached hydrogen (secondary N) is 1. The third-order valence-corrected chi connectivity index (χ3v) is 5.23. The highest BCUT2D eigenvalue weighted by Crippen LogP contribution is 2.28. The molecule has 1 fully saturated rings. The van der Waals surface area contributed by atoms with Crippen LogP contribution >= 0.6 is 0 Å². The van der Waals surface area contributed by atoms with Crippen molar-refractivity contribution in [2.75, 3.05) is 13.1 Å². The summed E-state index contributed by atoms with van der Waals surface area (Å²) in [6, 6.07) is 18.5. The van der Waals surface area contributed by atoms with E-state index in [9.17, 15) is 4.79 Å². The second kappa shape index (κ2) is 7.89. The Morgan fingerprint density at radius 1 is 0.926 bits per heavy atom. The van der Waals surface area contributed by atoms with Gasteiger partial charge >= 0.3 is 0 Å². The van der Waals surface area contributed by atoms with Crippen molar-refractivity contribution in [2.24, 2.45) is 0 Å². The molecule has 138 valence electrons. The largest absolute Gasteiger partial charge is 0.319 e. The third-order valence-electron chi connectivity index (χ3n) is 5.23. The van der Waals surface area contributed by atoms with Gasteiger partial charge in [-0.1, -0.05) is 61.0 Å². The molecule has 1 N–H and O–H groups in total. The molecule has 1 aliphatic rings. The van der Waals surface area contributed by atoms with Gasteiger partial charge in [-0.15, -0.1) is 0 Å². The fourth-order valence-corrected chi connectivity index (χ4v) is 3.70. The average molecular weight is 359 g/mol. The first-order chi connectivity index (χ1) is 13.2. The lowest BCUT2D eigenvalue weighted by Gasteiger charge is -2.26. The molecule has 0 spiro atoms. The standard InChI is InChI=1S/C23H25N3O/c1-17-23(27)25-22(21(24-17)19-8-4-2-5-9-19)20-12-10-18(11-13-20)16-26-14-6-3-7-15-26/h2,4-5,8-13H,3,6-7,14-16H2,1H3,(H,25,27). The van der Waals surface area contributed by atoms with Gasteiger partial charge in [-0.3, -0.25) is 9.69 Å². The second-order valence-corrected chi connectivity index (χ2v) is 7.27. The minimum Gasteiger partial charge on any atom is -0.319 e. The van der Waals surface area contributed by atoms with Gasteiger partial charge in [0.15, 0.2) is 0 Å². The van der Waals surface area contributed by atoms with Crippen LogP contribution in [0, 0.1) is 6.92 Å². The zero-order valence-corrected chi connectivity index (χ0v) is 15.7. The Bertz CT molecular complexity index is 955. The molecule has 1 aromatic heterocycles. The van der Waals surface area contributed by atoms with Gasteiger partial charge in [0, 0.05) is 17.7 Å². The molecule has 3 aromatic rings. The van der Waals surface area contributed by atoms with Crippen molar-refractivity contribution < 1.29 is 0 Å². The summed E-state index contributed by atoms with van der Waals surface area (Å²) in [6.07, 6.45) is 3.95. The number of benzene rings is 2. The molecule has 27 heavy (non-hydrogen) atoms. The van der Waals surface area contributed by atoms with E-state index in [0.29, 0.717) is 5.69 Å². The van der Waals surface area contributed by atoms with Crippen LogP contribution in [-0.2, 0) is 6.54 Å². The Balaban J connectivity index is 1.66.